The summed E-state index contributed by atoms with van der Waals surface area (Å²) < 4.78 is 49.8. The van der Waals surface area contributed by atoms with E-state index in [-0.39, 0.29) is 65.0 Å². The van der Waals surface area contributed by atoms with Crippen LogP contribution in [-0.4, -0.2) is 116 Å². The number of aliphatic hydroxyl groups is 2. The zero-order valence-electron chi connectivity index (χ0n) is 36.2. The molecule has 1 aliphatic rings. The predicted octanol–water partition coefficient (Wildman–Crippen LogP) is 1.15. The van der Waals surface area contributed by atoms with Gasteiger partial charge in [0.2, 0.25) is 11.8 Å². The van der Waals surface area contributed by atoms with E-state index in [0.29, 0.717) is 5.56 Å². The van der Waals surface area contributed by atoms with Gasteiger partial charge in [0.1, 0.15) is 66.1 Å². The summed E-state index contributed by atoms with van der Waals surface area (Å²) in [5.74, 6) is -4.38. The lowest BCUT2D eigenvalue weighted by molar-refractivity contribution is -0.149. The van der Waals surface area contributed by atoms with Crippen molar-refractivity contribution in [3.63, 3.8) is 0 Å². The van der Waals surface area contributed by atoms with Crippen LogP contribution in [0.5, 0.6) is 5.75 Å². The predicted molar refractivity (Wildman–Crippen MR) is 235 cm³/mol. The average Bonchev–Trinajstić information content (AvgIpc) is 3.86. The van der Waals surface area contributed by atoms with E-state index in [9.17, 15) is 42.6 Å². The lowest BCUT2D eigenvalue weighted by Gasteiger charge is -2.25. The van der Waals surface area contributed by atoms with Crippen LogP contribution in [0.4, 0.5) is 5.82 Å². The maximum absolute atomic E-state index is 13.8. The zero-order valence-corrected chi connectivity index (χ0v) is 37.0. The van der Waals surface area contributed by atoms with Gasteiger partial charge in [0, 0.05) is 12.8 Å². The normalized spacial score (nSPS) is 18.4. The van der Waals surface area contributed by atoms with Gasteiger partial charge in [0.25, 0.3) is 0 Å². The van der Waals surface area contributed by atoms with Crippen LogP contribution in [0.25, 0.3) is 11.2 Å². The molecular formula is C44H50N8O14S. The van der Waals surface area contributed by atoms with Crippen LogP contribution in [0.15, 0.2) is 96.4 Å². The topological polar surface area (TPSA) is 337 Å². The maximum atomic E-state index is 13.8. The molecule has 0 bridgehead atoms. The molecule has 3 heterocycles. The molecule has 2 amide bonds. The second-order valence-electron chi connectivity index (χ2n) is 16.0. The Kier molecular flexibility index (Phi) is 16.2. The molecule has 67 heavy (non-hydrogen) atoms. The highest BCUT2D eigenvalue weighted by atomic mass is 32.2. The summed E-state index contributed by atoms with van der Waals surface area (Å²) in [5, 5.41) is 35.6. The van der Waals surface area contributed by atoms with Crippen molar-refractivity contribution in [3.8, 4) is 5.75 Å². The first-order chi connectivity index (χ1) is 31.9. The maximum Gasteiger partial charge on any atom is 0.339 e. The molecule has 7 atom stereocenters. The number of amides is 2. The standard InChI is InChI=1S/C44H50N8O14S/c1-24(2)18-32(44(60)63-20-26-6-4-3-5-7-26)51-41(58)31(50-40(57)30(45)16-17-34(53)54)19-25-8-12-28(13-9-25)66-67(61,62)29-14-10-27(11-15-29)43(59)64-21-33-36(55)37(56)42(65-33)52-23-49-35-38(46)47-22-48-39(35)52/h3-15,22-24,30-33,36-37,42,55-56H,16-21,45H2,1-2H3,(H,50,57)(H,51,58)(H,53,54)(H2,46,47,48)/t30-,31-,32-,33+,36+,37+,42+/m0/s1. The summed E-state index contributed by atoms with van der Waals surface area (Å²) in [6.45, 7) is 3.19. The Morgan fingerprint density at radius 3 is 2.21 bits per heavy atom. The van der Waals surface area contributed by atoms with Crippen molar-refractivity contribution in [1.82, 2.24) is 30.2 Å². The minimum Gasteiger partial charge on any atom is -0.481 e. The molecule has 1 fully saturated rings. The summed E-state index contributed by atoms with van der Waals surface area (Å²) in [6, 6.07) is 15.4. The minimum atomic E-state index is -4.46. The van der Waals surface area contributed by atoms with Crippen molar-refractivity contribution in [2.24, 2.45) is 11.7 Å². The number of nitrogens with zero attached hydrogens (tertiary/aromatic N) is 4. The Bertz CT molecular complexity index is 2650. The number of carboxylic acid groups (broad SMARTS) is 1. The molecule has 0 unspecified atom stereocenters. The van der Waals surface area contributed by atoms with Gasteiger partial charge in [-0.05, 0) is 66.3 Å². The van der Waals surface area contributed by atoms with E-state index in [2.05, 4.69) is 25.6 Å². The summed E-state index contributed by atoms with van der Waals surface area (Å²) in [6.07, 6.45) is -3.26. The first-order valence-electron chi connectivity index (χ1n) is 20.9. The third kappa shape index (κ3) is 12.9. The third-order valence-electron chi connectivity index (χ3n) is 10.5. The van der Waals surface area contributed by atoms with Gasteiger partial charge >= 0.3 is 28.0 Å². The number of hydrogen-bond acceptors (Lipinski definition) is 18. The van der Waals surface area contributed by atoms with E-state index in [0.717, 1.165) is 17.7 Å². The summed E-state index contributed by atoms with van der Waals surface area (Å²) in [4.78, 5) is 75.9. The molecule has 1 saturated heterocycles. The minimum absolute atomic E-state index is 0.0364. The van der Waals surface area contributed by atoms with Crippen molar-refractivity contribution in [2.45, 2.75) is 93.7 Å². The van der Waals surface area contributed by atoms with Crippen LogP contribution in [0.2, 0.25) is 0 Å². The third-order valence-corrected chi connectivity index (χ3v) is 11.8. The number of carboxylic acids is 1. The first kappa shape index (κ1) is 49.4. The molecule has 356 valence electrons. The van der Waals surface area contributed by atoms with Crippen LogP contribution in [0.3, 0.4) is 0 Å². The number of aliphatic carboxylic acids is 1. The Labute approximate surface area is 383 Å². The molecule has 3 aromatic carbocycles. The van der Waals surface area contributed by atoms with Gasteiger partial charge in [-0.25, -0.2) is 24.5 Å². The van der Waals surface area contributed by atoms with Crippen LogP contribution < -0.4 is 26.3 Å². The fourth-order valence-electron chi connectivity index (χ4n) is 6.93. The number of carbonyl (C=O) groups is 5. The van der Waals surface area contributed by atoms with Crippen molar-refractivity contribution in [1.29, 1.82) is 0 Å². The number of nitrogen functional groups attached to an aromatic ring is 1. The molecule has 0 spiro atoms. The molecule has 1 aliphatic heterocycles. The highest BCUT2D eigenvalue weighted by molar-refractivity contribution is 7.87. The van der Waals surface area contributed by atoms with Crippen molar-refractivity contribution in [2.75, 3.05) is 12.3 Å². The Morgan fingerprint density at radius 1 is 0.851 bits per heavy atom. The molecule has 2 aromatic heterocycles. The number of hydrogen-bond donors (Lipinski definition) is 7. The number of imidazole rings is 1. The molecule has 5 aromatic rings. The fraction of sp³-hybridized carbons (Fsp3) is 0.364. The fourth-order valence-corrected chi connectivity index (χ4v) is 7.86. The molecular weight excluding hydrogens is 897 g/mol. The molecule has 23 heteroatoms. The van der Waals surface area contributed by atoms with E-state index in [4.69, 9.17) is 35.0 Å². The highest BCUT2D eigenvalue weighted by Crippen LogP contribution is 2.32. The van der Waals surface area contributed by atoms with Crippen LogP contribution in [0, 0.1) is 5.92 Å². The smallest absolute Gasteiger partial charge is 0.339 e. The summed E-state index contributed by atoms with van der Waals surface area (Å²) in [7, 11) is -4.46. The van der Waals surface area contributed by atoms with Crippen LogP contribution in [-0.2, 0) is 56.5 Å². The molecule has 9 N–H and O–H groups in total. The average molecular weight is 947 g/mol. The van der Waals surface area contributed by atoms with Crippen molar-refractivity contribution < 1.29 is 66.1 Å². The second kappa shape index (κ2) is 22.0. The lowest BCUT2D eigenvalue weighted by Crippen LogP contribution is -2.55. The molecule has 0 aliphatic carbocycles. The number of benzene rings is 3. The van der Waals surface area contributed by atoms with Gasteiger partial charge in [-0.1, -0.05) is 56.3 Å². The number of nitrogens with one attached hydrogen (secondary N) is 2. The monoisotopic (exact) mass is 946 g/mol. The Hall–Kier alpha value is -7.05. The first-order valence-corrected chi connectivity index (χ1v) is 22.3. The lowest BCUT2D eigenvalue weighted by atomic mass is 10.0. The van der Waals surface area contributed by atoms with Gasteiger partial charge in [0.15, 0.2) is 17.7 Å². The SMILES string of the molecule is CC(C)C[C@H](NC(=O)[C@H](Cc1ccc(OS(=O)(=O)c2ccc(C(=O)OC[C@H]3O[C@@H](n4cnc5c(N)ncnc54)[C@H](O)[C@@H]3O)cc2)cc1)NC(=O)[C@@H](N)CCC(=O)O)C(=O)OCc1ccccc1. The van der Waals surface area contributed by atoms with Gasteiger partial charge in [0.05, 0.1) is 17.9 Å². The zero-order chi connectivity index (χ0) is 48.4. The van der Waals surface area contributed by atoms with Gasteiger partial charge in [-0.3, -0.25) is 19.0 Å². The van der Waals surface area contributed by atoms with E-state index in [1.54, 1.807) is 24.3 Å². The number of esters is 2. The quantitative estimate of drug-likeness (QED) is 0.0401. The largest absolute Gasteiger partial charge is 0.481 e. The summed E-state index contributed by atoms with van der Waals surface area (Å²) >= 11 is 0. The number of carbonyl (C=O) groups excluding carboxylic acids is 4. The highest BCUT2D eigenvalue weighted by Gasteiger charge is 2.45. The van der Waals surface area contributed by atoms with Crippen LogP contribution in [0.1, 0.15) is 60.8 Å². The van der Waals surface area contributed by atoms with Gasteiger partial charge in [-0.15, -0.1) is 0 Å². The number of ether oxygens (including phenoxy) is 3. The van der Waals surface area contributed by atoms with Gasteiger partial charge < -0.3 is 55.8 Å². The molecule has 0 radical (unpaired) electrons. The van der Waals surface area contributed by atoms with E-state index >= 15 is 0 Å². The number of fused-ring (bicyclic) bond motifs is 1. The molecule has 22 nitrogen and oxygen atoms in total. The number of aromatic nitrogens is 4. The Balaban J connectivity index is 1.07. The van der Waals surface area contributed by atoms with E-state index in [1.807, 2.05) is 19.9 Å². The van der Waals surface area contributed by atoms with Crippen LogP contribution >= 0.6 is 0 Å². The van der Waals surface area contributed by atoms with E-state index in [1.165, 1.54) is 53.6 Å². The number of aliphatic hydroxyl groups excluding tert-OH is 2. The Morgan fingerprint density at radius 2 is 1.54 bits per heavy atom. The van der Waals surface area contributed by atoms with E-state index < -0.39 is 95.5 Å². The summed E-state index contributed by atoms with van der Waals surface area (Å²) in [5.41, 5.74) is 13.4. The van der Waals surface area contributed by atoms with Crippen molar-refractivity contribution >= 4 is 56.8 Å². The number of rotatable bonds is 21. The van der Waals surface area contributed by atoms with Gasteiger partial charge in [-0.2, -0.15) is 8.42 Å². The molecule has 6 rings (SSSR count). The van der Waals surface area contributed by atoms with Crippen molar-refractivity contribution in [3.05, 3.63) is 108 Å². The molecule has 0 saturated carbocycles. The number of nitrogens with two attached hydrogens (primary N) is 2. The second-order valence-corrected chi connectivity index (χ2v) is 17.6. The number of anilines is 1.